The van der Waals surface area contributed by atoms with E-state index in [9.17, 15) is 0 Å². The van der Waals surface area contributed by atoms with Crippen molar-refractivity contribution in [2.75, 3.05) is 0 Å². The lowest BCUT2D eigenvalue weighted by Crippen LogP contribution is -2.34. The Balaban J connectivity index is 1.69. The summed E-state index contributed by atoms with van der Waals surface area (Å²) in [5.41, 5.74) is 2.40. The fourth-order valence-corrected chi connectivity index (χ4v) is 3.22. The molecule has 1 saturated carbocycles. The van der Waals surface area contributed by atoms with Crippen molar-refractivity contribution in [3.63, 3.8) is 0 Å². The second-order valence-electron chi connectivity index (χ2n) is 6.51. The molecule has 0 radical (unpaired) electrons. The van der Waals surface area contributed by atoms with Gasteiger partial charge in [-0.2, -0.15) is 0 Å². The van der Waals surface area contributed by atoms with Crippen molar-refractivity contribution < 1.29 is 4.74 Å². The van der Waals surface area contributed by atoms with Crippen molar-refractivity contribution in [2.45, 2.75) is 51.3 Å². The quantitative estimate of drug-likeness (QED) is 0.623. The lowest BCUT2D eigenvalue weighted by atomic mass is 9.98. The average Bonchev–Trinajstić information content (AvgIpc) is 2.64. The molecule has 1 aliphatic carbocycles. The van der Waals surface area contributed by atoms with Crippen LogP contribution in [0.5, 0.6) is 0 Å². The van der Waals surface area contributed by atoms with Crippen LogP contribution in [0.25, 0.3) is 0 Å². The van der Waals surface area contributed by atoms with Gasteiger partial charge in [-0.1, -0.05) is 67.1 Å². The van der Waals surface area contributed by atoms with E-state index in [0.29, 0.717) is 19.1 Å². The summed E-state index contributed by atoms with van der Waals surface area (Å²) in [6.45, 7) is 1.39. The van der Waals surface area contributed by atoms with Crippen LogP contribution < -0.4 is 0 Å². The van der Waals surface area contributed by atoms with Crippen LogP contribution in [0.4, 0.5) is 0 Å². The van der Waals surface area contributed by atoms with Gasteiger partial charge in [-0.3, -0.25) is 5.41 Å². The van der Waals surface area contributed by atoms with Crippen molar-refractivity contribution in [3.8, 4) is 0 Å². The van der Waals surface area contributed by atoms with Gasteiger partial charge in [-0.05, 0) is 36.8 Å². The molecule has 0 aromatic heterocycles. The van der Waals surface area contributed by atoms with E-state index in [4.69, 9.17) is 10.1 Å². The maximum Gasteiger partial charge on any atom is 0.285 e. The van der Waals surface area contributed by atoms with Crippen molar-refractivity contribution in [3.05, 3.63) is 71.8 Å². The Morgan fingerprint density at radius 2 is 1.33 bits per heavy atom. The first kappa shape index (κ1) is 16.6. The van der Waals surface area contributed by atoms with E-state index in [1.165, 1.54) is 30.4 Å². The van der Waals surface area contributed by atoms with Crippen LogP contribution in [0, 0.1) is 5.41 Å². The van der Waals surface area contributed by atoms with E-state index < -0.39 is 0 Å². The van der Waals surface area contributed by atoms with Crippen LogP contribution in [0.2, 0.25) is 0 Å². The van der Waals surface area contributed by atoms with E-state index in [2.05, 4.69) is 24.3 Å². The number of ether oxygens (including phenoxy) is 1. The molecule has 3 heteroatoms. The summed E-state index contributed by atoms with van der Waals surface area (Å²) in [6.07, 6.45) is 6.09. The average molecular weight is 322 g/mol. The Bertz CT molecular complexity index is 579. The Morgan fingerprint density at radius 3 is 1.83 bits per heavy atom. The van der Waals surface area contributed by atoms with Gasteiger partial charge in [-0.15, -0.1) is 0 Å². The lowest BCUT2D eigenvalue weighted by molar-refractivity contribution is 0.107. The van der Waals surface area contributed by atoms with Gasteiger partial charge in [0.15, 0.2) is 0 Å². The minimum atomic E-state index is 0.209. The highest BCUT2D eigenvalue weighted by atomic mass is 16.5. The van der Waals surface area contributed by atoms with E-state index in [1.807, 2.05) is 41.3 Å². The normalized spacial score (nSPS) is 15.0. The molecular formula is C21H26N2O. The molecule has 24 heavy (non-hydrogen) atoms. The fraction of sp³-hybridized carbons (Fsp3) is 0.381. The Hall–Kier alpha value is -2.29. The monoisotopic (exact) mass is 322 g/mol. The topological polar surface area (TPSA) is 36.3 Å². The van der Waals surface area contributed by atoms with E-state index in [-0.39, 0.29) is 6.10 Å². The zero-order valence-corrected chi connectivity index (χ0v) is 14.2. The summed E-state index contributed by atoms with van der Waals surface area (Å²) < 4.78 is 6.01. The molecule has 0 spiro atoms. The first-order chi connectivity index (χ1) is 11.8. The third-order valence-corrected chi connectivity index (χ3v) is 4.55. The van der Waals surface area contributed by atoms with Crippen molar-refractivity contribution >= 4 is 6.02 Å². The van der Waals surface area contributed by atoms with Gasteiger partial charge in [0.25, 0.3) is 6.02 Å². The van der Waals surface area contributed by atoms with Gasteiger partial charge in [0.2, 0.25) is 0 Å². The SMILES string of the molecule is N=C(OC1CCCCC1)N(Cc1ccccc1)Cc1ccccc1. The van der Waals surface area contributed by atoms with Crippen molar-refractivity contribution in [1.82, 2.24) is 4.90 Å². The molecule has 1 N–H and O–H groups in total. The summed E-state index contributed by atoms with van der Waals surface area (Å²) in [5.74, 6) is 0. The molecule has 0 aliphatic heterocycles. The molecule has 2 aromatic rings. The largest absolute Gasteiger partial charge is 0.462 e. The van der Waals surface area contributed by atoms with E-state index in [1.54, 1.807) is 0 Å². The van der Waals surface area contributed by atoms with Crippen LogP contribution in [0.3, 0.4) is 0 Å². The van der Waals surface area contributed by atoms with Crippen LogP contribution in [-0.4, -0.2) is 17.0 Å². The molecule has 0 atom stereocenters. The lowest BCUT2D eigenvalue weighted by Gasteiger charge is -2.29. The van der Waals surface area contributed by atoms with Gasteiger partial charge < -0.3 is 9.64 Å². The van der Waals surface area contributed by atoms with Gasteiger partial charge >= 0.3 is 0 Å². The molecule has 0 amide bonds. The second-order valence-corrected chi connectivity index (χ2v) is 6.51. The number of hydrogen-bond acceptors (Lipinski definition) is 2. The van der Waals surface area contributed by atoms with Crippen LogP contribution in [-0.2, 0) is 17.8 Å². The maximum atomic E-state index is 8.48. The molecule has 0 unspecified atom stereocenters. The third-order valence-electron chi connectivity index (χ3n) is 4.55. The summed E-state index contributed by atoms with van der Waals surface area (Å²) in [4.78, 5) is 2.03. The molecule has 2 aromatic carbocycles. The first-order valence-electron chi connectivity index (χ1n) is 8.89. The second kappa shape index (κ2) is 8.53. The smallest absolute Gasteiger partial charge is 0.285 e. The highest BCUT2D eigenvalue weighted by Crippen LogP contribution is 2.21. The number of rotatable bonds is 5. The number of benzene rings is 2. The van der Waals surface area contributed by atoms with Crippen LogP contribution in [0.1, 0.15) is 43.2 Å². The van der Waals surface area contributed by atoms with Gasteiger partial charge in [0.1, 0.15) is 6.10 Å². The predicted molar refractivity (Wildman–Crippen MR) is 97.8 cm³/mol. The third kappa shape index (κ3) is 4.85. The zero-order valence-electron chi connectivity index (χ0n) is 14.2. The molecule has 0 bridgehead atoms. The molecule has 1 aliphatic rings. The van der Waals surface area contributed by atoms with Crippen LogP contribution in [0.15, 0.2) is 60.7 Å². The fourth-order valence-electron chi connectivity index (χ4n) is 3.22. The van der Waals surface area contributed by atoms with Crippen LogP contribution >= 0.6 is 0 Å². The highest BCUT2D eigenvalue weighted by molar-refractivity contribution is 5.70. The number of nitrogens with one attached hydrogen (secondary N) is 1. The predicted octanol–water partition coefficient (Wildman–Crippen LogP) is 4.97. The number of nitrogens with zero attached hydrogens (tertiary/aromatic N) is 1. The summed E-state index contributed by atoms with van der Waals surface area (Å²) in [6, 6.07) is 20.9. The summed E-state index contributed by atoms with van der Waals surface area (Å²) in [5, 5.41) is 8.48. The minimum Gasteiger partial charge on any atom is -0.462 e. The highest BCUT2D eigenvalue weighted by Gasteiger charge is 2.20. The van der Waals surface area contributed by atoms with E-state index >= 15 is 0 Å². The summed E-state index contributed by atoms with van der Waals surface area (Å²) in [7, 11) is 0. The first-order valence-corrected chi connectivity index (χ1v) is 8.89. The number of hydrogen-bond donors (Lipinski definition) is 1. The van der Waals surface area contributed by atoms with Gasteiger partial charge in [0, 0.05) is 13.1 Å². The summed E-state index contributed by atoms with van der Waals surface area (Å²) >= 11 is 0. The van der Waals surface area contributed by atoms with Crippen molar-refractivity contribution in [1.29, 1.82) is 5.41 Å². The van der Waals surface area contributed by atoms with Gasteiger partial charge in [-0.25, -0.2) is 0 Å². The molecule has 0 heterocycles. The Morgan fingerprint density at radius 1 is 0.833 bits per heavy atom. The molecular weight excluding hydrogens is 296 g/mol. The van der Waals surface area contributed by atoms with Gasteiger partial charge in [0.05, 0.1) is 0 Å². The zero-order chi connectivity index (χ0) is 16.6. The molecule has 3 rings (SSSR count). The standard InChI is InChI=1S/C21H26N2O/c22-21(24-20-14-8-3-9-15-20)23(16-18-10-4-1-5-11-18)17-19-12-6-2-7-13-19/h1-2,4-7,10-13,20,22H,3,8-9,14-17H2. The Kier molecular flexibility index (Phi) is 5.89. The number of amidine groups is 1. The van der Waals surface area contributed by atoms with E-state index in [0.717, 1.165) is 12.8 Å². The maximum absolute atomic E-state index is 8.48. The van der Waals surface area contributed by atoms with Crippen molar-refractivity contribution in [2.24, 2.45) is 0 Å². The molecule has 126 valence electrons. The molecule has 3 nitrogen and oxygen atoms in total. The molecule has 1 fully saturated rings. The minimum absolute atomic E-state index is 0.209. The molecule has 0 saturated heterocycles. The Labute approximate surface area is 144 Å².